The summed E-state index contributed by atoms with van der Waals surface area (Å²) in [6, 6.07) is 10.4. The first kappa shape index (κ1) is 21.9. The molecular formula is C17H24Cl3N3O2S. The molecule has 0 unspecified atom stereocenters. The van der Waals surface area contributed by atoms with Gasteiger partial charge in [0.25, 0.3) is 0 Å². The van der Waals surface area contributed by atoms with Crippen LogP contribution in [0.1, 0.15) is 6.42 Å². The lowest BCUT2D eigenvalue weighted by Gasteiger charge is -2.34. The number of thioether (sulfide) groups is 1. The molecule has 1 aliphatic rings. The average Bonchev–Trinajstić information content (AvgIpc) is 2.63. The number of amides is 1. The van der Waals surface area contributed by atoms with Crippen molar-refractivity contribution >= 4 is 52.7 Å². The van der Waals surface area contributed by atoms with Gasteiger partial charge in [0.1, 0.15) is 6.61 Å². The second-order valence-electron chi connectivity index (χ2n) is 6.17. The molecule has 1 fully saturated rings. The van der Waals surface area contributed by atoms with Gasteiger partial charge in [0.05, 0.1) is 0 Å². The standard InChI is InChI=1S/C17H24Cl3N3O2S/c18-17(19,20)13-25-16(24)23-10-8-22(9-11-23)7-6-14(21)12-26-15-4-2-1-3-5-15/h1-5,14H,6-13,21H2/t14-/m0/s1. The van der Waals surface area contributed by atoms with E-state index in [1.165, 1.54) is 4.90 Å². The van der Waals surface area contributed by atoms with Crippen LogP contribution in [0.5, 0.6) is 0 Å². The maximum absolute atomic E-state index is 11.9. The Morgan fingerprint density at radius 2 is 1.85 bits per heavy atom. The lowest BCUT2D eigenvalue weighted by atomic mass is 10.2. The van der Waals surface area contributed by atoms with E-state index in [2.05, 4.69) is 17.0 Å². The Balaban J connectivity index is 1.60. The van der Waals surface area contributed by atoms with E-state index in [-0.39, 0.29) is 12.6 Å². The van der Waals surface area contributed by atoms with Crippen LogP contribution in [0.3, 0.4) is 0 Å². The van der Waals surface area contributed by atoms with Crippen molar-refractivity contribution in [1.29, 1.82) is 0 Å². The largest absolute Gasteiger partial charge is 0.445 e. The van der Waals surface area contributed by atoms with Gasteiger partial charge in [0, 0.05) is 42.9 Å². The highest BCUT2D eigenvalue weighted by molar-refractivity contribution is 7.99. The van der Waals surface area contributed by atoms with E-state index >= 15 is 0 Å². The van der Waals surface area contributed by atoms with Gasteiger partial charge in [-0.25, -0.2) is 4.79 Å². The fourth-order valence-corrected chi connectivity index (χ4v) is 3.63. The van der Waals surface area contributed by atoms with Crippen LogP contribution in [0, 0.1) is 0 Å². The molecule has 26 heavy (non-hydrogen) atoms. The first-order chi connectivity index (χ1) is 12.3. The molecule has 0 bridgehead atoms. The fraction of sp³-hybridized carbons (Fsp3) is 0.588. The molecule has 1 aromatic rings. The molecule has 1 aliphatic heterocycles. The van der Waals surface area contributed by atoms with Crippen molar-refractivity contribution in [2.45, 2.75) is 21.2 Å². The van der Waals surface area contributed by atoms with Crippen LogP contribution in [0.25, 0.3) is 0 Å². The third kappa shape index (κ3) is 8.55. The summed E-state index contributed by atoms with van der Waals surface area (Å²) in [5, 5.41) is 0. The minimum Gasteiger partial charge on any atom is -0.445 e. The molecule has 1 saturated heterocycles. The van der Waals surface area contributed by atoms with Crippen LogP contribution in [-0.4, -0.2) is 70.8 Å². The number of alkyl halides is 3. The van der Waals surface area contributed by atoms with Gasteiger partial charge in [-0.3, -0.25) is 4.90 Å². The third-order valence-corrected chi connectivity index (χ3v) is 5.54. The van der Waals surface area contributed by atoms with E-state index < -0.39 is 9.89 Å². The summed E-state index contributed by atoms with van der Waals surface area (Å²) in [4.78, 5) is 17.1. The van der Waals surface area contributed by atoms with Crippen molar-refractivity contribution in [3.63, 3.8) is 0 Å². The molecule has 0 saturated carbocycles. The topological polar surface area (TPSA) is 58.8 Å². The minimum atomic E-state index is -1.58. The van der Waals surface area contributed by atoms with Crippen molar-refractivity contribution in [3.8, 4) is 0 Å². The number of carbonyl (C=O) groups is 1. The Bertz CT molecular complexity index is 552. The Hall–Kier alpha value is -0.370. The Labute approximate surface area is 174 Å². The van der Waals surface area contributed by atoms with Crippen molar-refractivity contribution in [1.82, 2.24) is 9.80 Å². The number of nitrogens with zero attached hydrogens (tertiary/aromatic N) is 2. The summed E-state index contributed by atoms with van der Waals surface area (Å²) in [5.74, 6) is 0.896. The zero-order valence-corrected chi connectivity index (χ0v) is 17.5. The van der Waals surface area contributed by atoms with Crippen molar-refractivity contribution in [2.75, 3.05) is 45.1 Å². The number of nitrogens with two attached hydrogens (primary N) is 1. The monoisotopic (exact) mass is 439 g/mol. The summed E-state index contributed by atoms with van der Waals surface area (Å²) in [5.41, 5.74) is 6.22. The van der Waals surface area contributed by atoms with E-state index in [0.717, 1.165) is 31.8 Å². The van der Waals surface area contributed by atoms with Crippen LogP contribution in [-0.2, 0) is 4.74 Å². The molecule has 0 aliphatic carbocycles. The molecular weight excluding hydrogens is 417 g/mol. The fourth-order valence-electron chi connectivity index (χ4n) is 2.54. The maximum atomic E-state index is 11.9. The number of rotatable bonds is 7. The van der Waals surface area contributed by atoms with Crippen LogP contribution < -0.4 is 5.73 Å². The van der Waals surface area contributed by atoms with Crippen LogP contribution in [0.4, 0.5) is 4.79 Å². The van der Waals surface area contributed by atoms with Gasteiger partial charge in [-0.2, -0.15) is 0 Å². The normalized spacial score (nSPS) is 17.2. The molecule has 0 radical (unpaired) electrons. The van der Waals surface area contributed by atoms with E-state index in [0.29, 0.717) is 13.1 Å². The van der Waals surface area contributed by atoms with Gasteiger partial charge in [-0.1, -0.05) is 53.0 Å². The number of hydrogen-bond acceptors (Lipinski definition) is 5. The van der Waals surface area contributed by atoms with E-state index in [1.807, 2.05) is 18.2 Å². The summed E-state index contributed by atoms with van der Waals surface area (Å²) >= 11 is 18.5. The number of benzene rings is 1. The van der Waals surface area contributed by atoms with Gasteiger partial charge in [0.15, 0.2) is 0 Å². The van der Waals surface area contributed by atoms with E-state index in [1.54, 1.807) is 16.7 Å². The maximum Gasteiger partial charge on any atom is 0.409 e. The summed E-state index contributed by atoms with van der Waals surface area (Å²) in [6.45, 7) is 3.47. The second kappa shape index (κ2) is 10.8. The summed E-state index contributed by atoms with van der Waals surface area (Å²) in [6.07, 6.45) is 0.490. The summed E-state index contributed by atoms with van der Waals surface area (Å²) < 4.78 is 3.43. The van der Waals surface area contributed by atoms with Gasteiger partial charge in [-0.15, -0.1) is 11.8 Å². The van der Waals surface area contributed by atoms with Crippen molar-refractivity contribution in [3.05, 3.63) is 30.3 Å². The number of ether oxygens (including phenoxy) is 1. The highest BCUT2D eigenvalue weighted by Gasteiger charge is 2.26. The van der Waals surface area contributed by atoms with Gasteiger partial charge >= 0.3 is 6.09 Å². The van der Waals surface area contributed by atoms with Gasteiger partial charge in [0.2, 0.25) is 3.79 Å². The number of hydrogen-bond donors (Lipinski definition) is 1. The molecule has 1 heterocycles. The van der Waals surface area contributed by atoms with Crippen LogP contribution in [0.2, 0.25) is 0 Å². The van der Waals surface area contributed by atoms with Crippen LogP contribution >= 0.6 is 46.6 Å². The van der Waals surface area contributed by atoms with Crippen LogP contribution in [0.15, 0.2) is 35.2 Å². The Kier molecular flexibility index (Phi) is 9.14. The molecule has 2 rings (SSSR count). The molecule has 146 valence electrons. The molecule has 1 aromatic carbocycles. The molecule has 1 amide bonds. The van der Waals surface area contributed by atoms with Gasteiger partial charge < -0.3 is 15.4 Å². The highest BCUT2D eigenvalue weighted by atomic mass is 35.6. The number of halogens is 3. The summed E-state index contributed by atoms with van der Waals surface area (Å²) in [7, 11) is 0. The predicted molar refractivity (Wildman–Crippen MR) is 109 cm³/mol. The van der Waals surface area contributed by atoms with E-state index in [4.69, 9.17) is 45.3 Å². The molecule has 9 heteroatoms. The Morgan fingerprint density at radius 1 is 1.19 bits per heavy atom. The minimum absolute atomic E-state index is 0.146. The lowest BCUT2D eigenvalue weighted by molar-refractivity contribution is 0.0768. The first-order valence-corrected chi connectivity index (χ1v) is 10.6. The Morgan fingerprint density at radius 3 is 2.46 bits per heavy atom. The molecule has 1 atom stereocenters. The van der Waals surface area contributed by atoms with Crippen molar-refractivity contribution < 1.29 is 9.53 Å². The zero-order chi connectivity index (χ0) is 19.0. The number of carbonyl (C=O) groups excluding carboxylic acids is 1. The molecule has 2 N–H and O–H groups in total. The predicted octanol–water partition coefficient (Wildman–Crippen LogP) is 3.62. The third-order valence-electron chi connectivity index (χ3n) is 4.01. The lowest BCUT2D eigenvalue weighted by Crippen LogP contribution is -2.49. The first-order valence-electron chi connectivity index (χ1n) is 8.48. The number of piperazine rings is 1. The molecule has 0 spiro atoms. The van der Waals surface area contributed by atoms with Crippen molar-refractivity contribution in [2.24, 2.45) is 5.73 Å². The molecule has 5 nitrogen and oxygen atoms in total. The second-order valence-corrected chi connectivity index (χ2v) is 9.78. The SMILES string of the molecule is N[C@@H](CCN1CCN(C(=O)OCC(Cl)(Cl)Cl)CC1)CSc1ccccc1. The highest BCUT2D eigenvalue weighted by Crippen LogP contribution is 2.26. The quantitative estimate of drug-likeness (QED) is 0.518. The smallest absolute Gasteiger partial charge is 0.409 e. The molecule has 0 aromatic heterocycles. The van der Waals surface area contributed by atoms with E-state index in [9.17, 15) is 4.79 Å². The average molecular weight is 441 g/mol. The van der Waals surface area contributed by atoms with Gasteiger partial charge in [-0.05, 0) is 25.1 Å². The zero-order valence-electron chi connectivity index (χ0n) is 14.5.